The Hall–Kier alpha value is -4.87. The number of aromatic amines is 1. The summed E-state index contributed by atoms with van der Waals surface area (Å²) in [4.78, 5) is 41.3. The lowest BCUT2D eigenvalue weighted by atomic mass is 9.86. The molecule has 4 N–H and O–H groups in total. The fourth-order valence-corrected chi connectivity index (χ4v) is 4.51. The third-order valence-electron chi connectivity index (χ3n) is 6.40. The predicted octanol–water partition coefficient (Wildman–Crippen LogP) is 2.59. The third-order valence-corrected chi connectivity index (χ3v) is 6.40. The van der Waals surface area contributed by atoms with Crippen LogP contribution in [0.4, 0.5) is 0 Å². The number of esters is 1. The van der Waals surface area contributed by atoms with Crippen molar-refractivity contribution in [2.24, 2.45) is 0 Å². The van der Waals surface area contributed by atoms with E-state index in [2.05, 4.69) is 10.3 Å². The van der Waals surface area contributed by atoms with Crippen LogP contribution in [0.15, 0.2) is 41.3 Å². The lowest BCUT2D eigenvalue weighted by molar-refractivity contribution is -0.121. The van der Waals surface area contributed by atoms with Crippen LogP contribution in [-0.2, 0) is 16.0 Å². The molecule has 2 aromatic carbocycles. The number of H-pyrrole nitrogens is 1. The number of carbonyl (C=O) groups excluding carboxylic acids is 2. The minimum absolute atomic E-state index is 0.0484. The number of rotatable bonds is 11. The number of amides is 1. The molecular formula is C28H30N2O10. The SMILES string of the molecule is CCOC(=O)c1c[nH]c(=O)c([C@@H](CC(=O)NCCc2ccc(O)cc2)c2cc(OC)c3c(c2OC)OCO3)c1O. The molecule has 0 radical (unpaired) electrons. The first kappa shape index (κ1) is 28.1. The molecule has 1 atom stereocenters. The molecule has 40 heavy (non-hydrogen) atoms. The Labute approximate surface area is 229 Å². The van der Waals surface area contributed by atoms with Gasteiger partial charge in [0.25, 0.3) is 5.56 Å². The van der Waals surface area contributed by atoms with Crippen molar-refractivity contribution < 1.29 is 43.5 Å². The van der Waals surface area contributed by atoms with Crippen molar-refractivity contribution in [3.05, 3.63) is 69.1 Å². The van der Waals surface area contributed by atoms with Gasteiger partial charge in [0.15, 0.2) is 11.5 Å². The van der Waals surface area contributed by atoms with Crippen LogP contribution in [0.5, 0.6) is 34.5 Å². The molecule has 1 aliphatic heterocycles. The molecule has 1 aromatic heterocycles. The number of aromatic nitrogens is 1. The second-order valence-corrected chi connectivity index (χ2v) is 8.80. The average Bonchev–Trinajstić information content (AvgIpc) is 3.43. The highest BCUT2D eigenvalue weighted by Gasteiger charge is 2.35. The Morgan fingerprint density at radius 2 is 1.82 bits per heavy atom. The Kier molecular flexibility index (Phi) is 8.67. The van der Waals surface area contributed by atoms with Crippen molar-refractivity contribution >= 4 is 11.9 Å². The van der Waals surface area contributed by atoms with Gasteiger partial charge in [0, 0.05) is 30.6 Å². The fraction of sp³-hybridized carbons (Fsp3) is 0.321. The fourth-order valence-electron chi connectivity index (χ4n) is 4.51. The summed E-state index contributed by atoms with van der Waals surface area (Å²) in [6, 6.07) is 8.13. The summed E-state index contributed by atoms with van der Waals surface area (Å²) < 4.78 is 27.2. The van der Waals surface area contributed by atoms with Crippen molar-refractivity contribution in [2.75, 3.05) is 34.2 Å². The molecule has 2 heterocycles. The van der Waals surface area contributed by atoms with E-state index in [0.29, 0.717) is 17.7 Å². The topological polar surface area (TPSA) is 166 Å². The minimum Gasteiger partial charge on any atom is -0.508 e. The third kappa shape index (κ3) is 5.75. The van der Waals surface area contributed by atoms with Gasteiger partial charge in [-0.2, -0.15) is 0 Å². The van der Waals surface area contributed by atoms with Gasteiger partial charge < -0.3 is 44.2 Å². The number of fused-ring (bicyclic) bond motifs is 1. The number of phenols is 1. The highest BCUT2D eigenvalue weighted by Crippen LogP contribution is 2.53. The zero-order chi connectivity index (χ0) is 28.8. The lowest BCUT2D eigenvalue weighted by Gasteiger charge is -2.23. The first-order chi connectivity index (χ1) is 19.3. The zero-order valence-electron chi connectivity index (χ0n) is 22.2. The van der Waals surface area contributed by atoms with E-state index in [9.17, 15) is 24.6 Å². The number of nitrogens with one attached hydrogen (secondary N) is 2. The number of methoxy groups -OCH3 is 2. The highest BCUT2D eigenvalue weighted by molar-refractivity contribution is 5.92. The maximum atomic E-state index is 13.2. The van der Waals surface area contributed by atoms with Gasteiger partial charge in [0.2, 0.25) is 24.2 Å². The van der Waals surface area contributed by atoms with E-state index in [4.69, 9.17) is 23.7 Å². The van der Waals surface area contributed by atoms with Crippen molar-refractivity contribution in [1.29, 1.82) is 0 Å². The molecule has 1 aliphatic rings. The molecule has 0 unspecified atom stereocenters. The summed E-state index contributed by atoms with van der Waals surface area (Å²) in [5.41, 5.74) is -0.0300. The average molecular weight is 555 g/mol. The van der Waals surface area contributed by atoms with Crippen molar-refractivity contribution in [2.45, 2.75) is 25.7 Å². The van der Waals surface area contributed by atoms with Crippen molar-refractivity contribution in [3.63, 3.8) is 0 Å². The van der Waals surface area contributed by atoms with Gasteiger partial charge in [-0.05, 0) is 37.1 Å². The number of ether oxygens (including phenoxy) is 5. The zero-order valence-corrected chi connectivity index (χ0v) is 22.2. The first-order valence-corrected chi connectivity index (χ1v) is 12.5. The summed E-state index contributed by atoms with van der Waals surface area (Å²) in [7, 11) is 2.81. The molecule has 1 amide bonds. The van der Waals surface area contributed by atoms with Crippen molar-refractivity contribution in [3.8, 4) is 34.5 Å². The van der Waals surface area contributed by atoms with Crippen LogP contribution >= 0.6 is 0 Å². The number of benzene rings is 2. The molecule has 12 heteroatoms. The minimum atomic E-state index is -1.11. The standard InChI is InChI=1S/C28H30N2O10/c1-4-38-28(35)19-13-30-27(34)22(23(19)33)17(12-21(32)29-10-9-15-5-7-16(31)8-6-15)18-11-20(36-2)25-26(24(18)37-3)40-14-39-25/h5-8,11,13,17,31H,4,9-10,12,14H2,1-3H3,(H,29,32)(H2,30,33,34)/t17-/m0/s1. The number of pyridine rings is 1. The molecular weight excluding hydrogens is 524 g/mol. The predicted molar refractivity (Wildman–Crippen MR) is 142 cm³/mol. The molecule has 0 fully saturated rings. The van der Waals surface area contributed by atoms with Crippen LogP contribution in [0.25, 0.3) is 0 Å². The van der Waals surface area contributed by atoms with E-state index >= 15 is 0 Å². The summed E-state index contributed by atoms with van der Waals surface area (Å²) in [5, 5.41) is 23.4. The number of phenolic OH excluding ortho intramolecular Hbond substituents is 1. The molecule has 12 nitrogen and oxygen atoms in total. The molecule has 0 spiro atoms. The van der Waals surface area contributed by atoms with E-state index < -0.39 is 29.1 Å². The van der Waals surface area contributed by atoms with Crippen LogP contribution in [0.1, 0.15) is 46.3 Å². The van der Waals surface area contributed by atoms with Crippen LogP contribution in [0.3, 0.4) is 0 Å². The maximum Gasteiger partial charge on any atom is 0.343 e. The number of aromatic hydroxyl groups is 2. The molecule has 0 saturated carbocycles. The molecule has 0 bridgehead atoms. The van der Waals surface area contributed by atoms with E-state index in [1.54, 1.807) is 31.2 Å². The summed E-state index contributed by atoms with van der Waals surface area (Å²) in [6.45, 7) is 1.82. The molecule has 0 saturated heterocycles. The monoisotopic (exact) mass is 554 g/mol. The van der Waals surface area contributed by atoms with Crippen LogP contribution in [0, 0.1) is 0 Å². The molecule has 212 valence electrons. The van der Waals surface area contributed by atoms with E-state index in [0.717, 1.165) is 11.8 Å². The summed E-state index contributed by atoms with van der Waals surface area (Å²) >= 11 is 0. The number of hydrogen-bond acceptors (Lipinski definition) is 10. The molecule has 3 aromatic rings. The van der Waals surface area contributed by atoms with Crippen LogP contribution < -0.4 is 29.8 Å². The van der Waals surface area contributed by atoms with Gasteiger partial charge in [0.1, 0.15) is 17.1 Å². The van der Waals surface area contributed by atoms with E-state index in [-0.39, 0.29) is 60.5 Å². The van der Waals surface area contributed by atoms with Gasteiger partial charge >= 0.3 is 5.97 Å². The Morgan fingerprint density at radius 1 is 1.10 bits per heavy atom. The molecule has 4 rings (SSSR count). The Bertz CT molecular complexity index is 1450. The first-order valence-electron chi connectivity index (χ1n) is 12.5. The second kappa shape index (κ2) is 12.3. The largest absolute Gasteiger partial charge is 0.508 e. The smallest absolute Gasteiger partial charge is 0.343 e. The Balaban J connectivity index is 1.75. The van der Waals surface area contributed by atoms with Crippen LogP contribution in [0.2, 0.25) is 0 Å². The van der Waals surface area contributed by atoms with Crippen LogP contribution in [-0.4, -0.2) is 61.2 Å². The molecule has 0 aliphatic carbocycles. The number of carbonyl (C=O) groups is 2. The number of hydrogen-bond donors (Lipinski definition) is 4. The second-order valence-electron chi connectivity index (χ2n) is 8.80. The summed E-state index contributed by atoms with van der Waals surface area (Å²) in [5.74, 6) is -1.93. The van der Waals surface area contributed by atoms with Crippen molar-refractivity contribution in [1.82, 2.24) is 10.3 Å². The quantitative estimate of drug-likeness (QED) is 0.259. The lowest BCUT2D eigenvalue weighted by Crippen LogP contribution is -2.29. The van der Waals surface area contributed by atoms with Gasteiger partial charge in [0.05, 0.1) is 26.4 Å². The van der Waals surface area contributed by atoms with E-state index in [1.807, 2.05) is 0 Å². The van der Waals surface area contributed by atoms with Gasteiger partial charge in [-0.3, -0.25) is 9.59 Å². The van der Waals surface area contributed by atoms with Gasteiger partial charge in [-0.1, -0.05) is 12.1 Å². The Morgan fingerprint density at radius 3 is 2.50 bits per heavy atom. The summed E-state index contributed by atoms with van der Waals surface area (Å²) in [6.07, 6.45) is 1.24. The normalized spacial score (nSPS) is 12.5. The van der Waals surface area contributed by atoms with Gasteiger partial charge in [-0.25, -0.2) is 4.79 Å². The highest BCUT2D eigenvalue weighted by atomic mass is 16.7. The van der Waals surface area contributed by atoms with Gasteiger partial charge in [-0.15, -0.1) is 0 Å². The maximum absolute atomic E-state index is 13.2. The van der Waals surface area contributed by atoms with E-state index in [1.165, 1.54) is 20.3 Å².